The molecule has 1 heterocycles. The van der Waals surface area contributed by atoms with Gasteiger partial charge in [-0.25, -0.2) is 9.05 Å². The molecule has 1 unspecified atom stereocenters. The highest BCUT2D eigenvalue weighted by Crippen LogP contribution is 2.55. The molecule has 29 heavy (non-hydrogen) atoms. The lowest BCUT2D eigenvalue weighted by molar-refractivity contribution is -0.220. The number of benzene rings is 1. The highest BCUT2D eigenvalue weighted by atomic mass is 31.2. The maximum Gasteiger partial charge on any atom is 0.264 e. The molecule has 0 aliphatic carbocycles. The molecule has 0 radical (unpaired) electrons. The van der Waals surface area contributed by atoms with Gasteiger partial charge >= 0.3 is 0 Å². The Morgan fingerprint density at radius 3 is 2.62 bits per heavy atom. The summed E-state index contributed by atoms with van der Waals surface area (Å²) in [6, 6.07) is 9.89. The van der Waals surface area contributed by atoms with Gasteiger partial charge in [0.2, 0.25) is 0 Å². The van der Waals surface area contributed by atoms with Gasteiger partial charge in [-0.3, -0.25) is 0 Å². The van der Waals surface area contributed by atoms with E-state index in [4.69, 9.17) is 13.8 Å². The van der Waals surface area contributed by atoms with E-state index in [1.165, 1.54) is 5.82 Å². The summed E-state index contributed by atoms with van der Waals surface area (Å²) in [6.07, 6.45) is 4.78. The second-order valence-electron chi connectivity index (χ2n) is 7.49. The topological polar surface area (TPSA) is 91.2 Å². The van der Waals surface area contributed by atoms with E-state index >= 15 is 0 Å². The van der Waals surface area contributed by atoms with E-state index in [9.17, 15) is 15.1 Å². The Bertz CT molecular complexity index is 584. The Balaban J connectivity index is 2.01. The van der Waals surface area contributed by atoms with Crippen LogP contribution in [0.15, 0.2) is 42.2 Å². The molecular weight excluding hydrogens is 391 g/mol. The van der Waals surface area contributed by atoms with E-state index < -0.39 is 20.2 Å². The maximum absolute atomic E-state index is 13.1. The molecule has 0 amide bonds. The van der Waals surface area contributed by atoms with Crippen LogP contribution >= 0.6 is 7.94 Å². The van der Waals surface area contributed by atoms with Gasteiger partial charge in [0.25, 0.3) is 7.94 Å². The van der Waals surface area contributed by atoms with E-state index in [1.54, 1.807) is 13.0 Å². The molecule has 0 aromatic heterocycles. The molecule has 4 atom stereocenters. The fourth-order valence-electron chi connectivity index (χ4n) is 3.35. The molecule has 2 N–H and O–H groups in total. The van der Waals surface area contributed by atoms with E-state index in [-0.39, 0.29) is 12.7 Å². The smallest absolute Gasteiger partial charge is 0.264 e. The van der Waals surface area contributed by atoms with Crippen molar-refractivity contribution in [2.45, 2.75) is 76.8 Å². The Morgan fingerprint density at radius 2 is 1.86 bits per heavy atom. The van der Waals surface area contributed by atoms with E-state index in [0.29, 0.717) is 38.9 Å². The third-order valence-electron chi connectivity index (χ3n) is 4.82. The van der Waals surface area contributed by atoms with Gasteiger partial charge in [0.05, 0.1) is 32.0 Å². The van der Waals surface area contributed by atoms with Gasteiger partial charge in [0.1, 0.15) is 11.9 Å². The number of hydrogen-bond donors (Lipinski definition) is 2. The van der Waals surface area contributed by atoms with Crippen LogP contribution in [0.1, 0.15) is 57.4 Å². The first-order valence-corrected chi connectivity index (χ1v) is 12.2. The zero-order valence-corrected chi connectivity index (χ0v) is 18.2. The predicted octanol–water partition coefficient (Wildman–Crippen LogP) is 3.73. The molecule has 1 aromatic carbocycles. The quantitative estimate of drug-likeness (QED) is 0.674. The van der Waals surface area contributed by atoms with Gasteiger partial charge in [-0.1, -0.05) is 49.6 Å². The minimum absolute atomic E-state index is 0.264. The molecule has 6 nitrogen and oxygen atoms in total. The number of aliphatic hydroxyl groups is 2. The summed E-state index contributed by atoms with van der Waals surface area (Å²) < 4.78 is 17.2. The van der Waals surface area contributed by atoms with E-state index in [1.807, 2.05) is 30.3 Å². The zero-order chi connectivity index (χ0) is 21.0. The van der Waals surface area contributed by atoms with Gasteiger partial charge < -0.3 is 19.8 Å². The number of rotatable bonds is 6. The van der Waals surface area contributed by atoms with Crippen LogP contribution in [0.25, 0.3) is 0 Å². The van der Waals surface area contributed by atoms with Gasteiger partial charge in [0, 0.05) is 0 Å². The molecule has 0 saturated carbocycles. The summed E-state index contributed by atoms with van der Waals surface area (Å²) in [5.74, 6) is 1.43. The molecule has 164 valence electrons. The normalized spacial score (nSPS) is 31.1. The first kappa shape index (κ1) is 24.4. The van der Waals surface area contributed by atoms with Crippen molar-refractivity contribution >= 4 is 7.94 Å². The molecule has 1 aliphatic rings. The highest BCUT2D eigenvalue weighted by Gasteiger charge is 2.31. The van der Waals surface area contributed by atoms with Crippen molar-refractivity contribution in [2.24, 2.45) is 0 Å². The maximum atomic E-state index is 13.1. The average molecular weight is 426 g/mol. The van der Waals surface area contributed by atoms with Gasteiger partial charge in [-0.05, 0) is 44.2 Å². The third kappa shape index (κ3) is 10.1. The van der Waals surface area contributed by atoms with E-state index in [2.05, 4.69) is 0 Å². The minimum Gasteiger partial charge on any atom is -0.628 e. The first-order chi connectivity index (χ1) is 14.0. The van der Waals surface area contributed by atoms with Crippen LogP contribution < -0.4 is 4.89 Å². The Morgan fingerprint density at radius 1 is 1.10 bits per heavy atom. The van der Waals surface area contributed by atoms with Crippen molar-refractivity contribution in [3.8, 4) is 0 Å². The largest absolute Gasteiger partial charge is 0.628 e. The predicted molar refractivity (Wildman–Crippen MR) is 113 cm³/mol. The summed E-state index contributed by atoms with van der Waals surface area (Å²) in [4.78, 5) is 13.1. The fourth-order valence-corrected chi connectivity index (χ4v) is 4.89. The lowest BCUT2D eigenvalue weighted by Gasteiger charge is -2.28. The van der Waals surface area contributed by atoms with Crippen molar-refractivity contribution in [1.82, 2.24) is 0 Å². The van der Waals surface area contributed by atoms with E-state index in [0.717, 1.165) is 24.8 Å². The molecule has 7 heteroatoms. The molecule has 1 aliphatic heterocycles. The first-order valence-electron chi connectivity index (χ1n) is 10.6. The Kier molecular flexibility index (Phi) is 11.3. The van der Waals surface area contributed by atoms with Gasteiger partial charge in [0.15, 0.2) is 0 Å². The lowest BCUT2D eigenvalue weighted by Crippen LogP contribution is -2.25. The van der Waals surface area contributed by atoms with Crippen LogP contribution in [0.2, 0.25) is 0 Å². The van der Waals surface area contributed by atoms with Crippen LogP contribution in [0.5, 0.6) is 0 Å². The van der Waals surface area contributed by atoms with Crippen LogP contribution in [0, 0.1) is 0 Å². The molecule has 2 rings (SSSR count). The number of aliphatic hydroxyl groups excluding tert-OH is 2. The molecular formula is C22H35O6P. The summed E-state index contributed by atoms with van der Waals surface area (Å²) >= 11 is 0. The van der Waals surface area contributed by atoms with Crippen LogP contribution in [0.4, 0.5) is 0 Å². The third-order valence-corrected chi connectivity index (χ3v) is 6.61. The molecule has 0 fully saturated rings. The molecule has 1 aromatic rings. The van der Waals surface area contributed by atoms with Crippen LogP contribution in [-0.4, -0.2) is 41.7 Å². The van der Waals surface area contributed by atoms with Crippen molar-refractivity contribution in [2.75, 3.05) is 13.2 Å². The minimum atomic E-state index is -3.43. The van der Waals surface area contributed by atoms with Gasteiger partial charge in [-0.15, -0.1) is 0 Å². The summed E-state index contributed by atoms with van der Waals surface area (Å²) in [5, 5.41) is 20.1. The van der Waals surface area contributed by atoms with Crippen molar-refractivity contribution in [3.05, 3.63) is 47.8 Å². The molecule has 0 bridgehead atoms. The molecule has 0 saturated heterocycles. The fraction of sp³-hybridized carbons (Fsp3) is 0.636. The SMILES string of the molecule is CCO[P+]1([O-])/C=C\C[C@H](O)C[C@@H](O)CCCCC[C@@H](COCc2ccccc2)O1. The number of hydrogen-bond acceptors (Lipinski definition) is 6. The number of ether oxygens (including phenoxy) is 1. The van der Waals surface area contributed by atoms with Crippen LogP contribution in [-0.2, 0) is 20.4 Å². The van der Waals surface area contributed by atoms with Crippen LogP contribution in [0.3, 0.4) is 0 Å². The van der Waals surface area contributed by atoms with Gasteiger partial charge in [-0.2, -0.15) is 0 Å². The molecule has 0 spiro atoms. The second kappa shape index (κ2) is 13.5. The Labute approximate surface area is 175 Å². The average Bonchev–Trinajstić information content (AvgIpc) is 2.68. The monoisotopic (exact) mass is 426 g/mol. The Hall–Kier alpha value is -0.850. The summed E-state index contributed by atoms with van der Waals surface area (Å²) in [6.45, 7) is 2.83. The van der Waals surface area contributed by atoms with Crippen molar-refractivity contribution in [1.29, 1.82) is 0 Å². The lowest BCUT2D eigenvalue weighted by atomic mass is 10.0. The second-order valence-corrected chi connectivity index (χ2v) is 9.33. The van der Waals surface area contributed by atoms with Crippen molar-refractivity contribution in [3.63, 3.8) is 0 Å². The standard InChI is InChI=1S/C22H35O6P/c1-2-27-29(25)15-9-13-21(24)16-20(23)12-7-4-8-14-22(28-29)18-26-17-19-10-5-3-6-11-19/h3,5-6,9-11,15,20-24H,2,4,7-8,12-14,16-18H2,1H3/b15-9-/t20-,21-,22-,29?/m0/s1. The summed E-state index contributed by atoms with van der Waals surface area (Å²) in [5.41, 5.74) is 1.07. The van der Waals surface area contributed by atoms with Crippen molar-refractivity contribution < 1.29 is 28.9 Å². The summed E-state index contributed by atoms with van der Waals surface area (Å²) in [7, 11) is -3.43. The zero-order valence-electron chi connectivity index (χ0n) is 17.3. The highest BCUT2D eigenvalue weighted by molar-refractivity contribution is 7.62.